The predicted molar refractivity (Wildman–Crippen MR) is 81.2 cm³/mol. The van der Waals surface area contributed by atoms with Gasteiger partial charge in [-0.15, -0.1) is 0 Å². The normalized spacial score (nSPS) is 10.9. The summed E-state index contributed by atoms with van der Waals surface area (Å²) >= 11 is 0. The number of sulfonamides is 1. The minimum Gasteiger partial charge on any atom is -0.495 e. The van der Waals surface area contributed by atoms with E-state index in [0.29, 0.717) is 12.3 Å². The number of likely N-dealkylation sites (N-methyl/N-ethyl adjacent to an activating group) is 1. The van der Waals surface area contributed by atoms with Crippen LogP contribution in [0.25, 0.3) is 0 Å². The monoisotopic (exact) mass is 329 g/mol. The fraction of sp³-hybridized carbons (Fsp3) is 0.385. The Morgan fingerprint density at radius 3 is 2.50 bits per heavy atom. The van der Waals surface area contributed by atoms with Crippen molar-refractivity contribution in [3.05, 3.63) is 18.2 Å². The summed E-state index contributed by atoms with van der Waals surface area (Å²) in [5.74, 6) is -0.456. The lowest BCUT2D eigenvalue weighted by Crippen LogP contribution is -2.36. The van der Waals surface area contributed by atoms with E-state index in [9.17, 15) is 18.0 Å². The summed E-state index contributed by atoms with van der Waals surface area (Å²) in [5.41, 5.74) is 0.232. The quantitative estimate of drug-likeness (QED) is 0.655. The molecule has 0 aliphatic rings. The molecule has 0 saturated carbocycles. The highest BCUT2D eigenvalue weighted by Crippen LogP contribution is 2.27. The highest BCUT2D eigenvalue weighted by Gasteiger charge is 2.18. The highest BCUT2D eigenvalue weighted by molar-refractivity contribution is 7.89. The summed E-state index contributed by atoms with van der Waals surface area (Å²) in [5, 5.41) is 4.97. The van der Waals surface area contributed by atoms with Gasteiger partial charge >= 0.3 is 0 Å². The molecule has 0 radical (unpaired) electrons. The second kappa shape index (κ2) is 7.76. The number of anilines is 1. The molecule has 2 amide bonds. The highest BCUT2D eigenvalue weighted by atomic mass is 32.2. The van der Waals surface area contributed by atoms with Crippen molar-refractivity contribution < 1.29 is 22.7 Å². The van der Waals surface area contributed by atoms with Crippen molar-refractivity contribution >= 4 is 27.5 Å². The number of rotatable bonds is 7. The molecule has 0 aromatic heterocycles. The number of amides is 2. The standard InChI is InChI=1S/C13H19N3O5S/c1-4-14-13(18)8-15-22(19,20)10-5-6-12(21-3)11(7-10)16-9(2)17/h5-7,15H,4,8H2,1-3H3,(H,14,18)(H,16,17). The third kappa shape index (κ3) is 5.01. The third-order valence-corrected chi connectivity index (χ3v) is 3.99. The van der Waals surface area contributed by atoms with Crippen LogP contribution >= 0.6 is 0 Å². The van der Waals surface area contributed by atoms with Crippen LogP contribution in [0.4, 0.5) is 5.69 Å². The van der Waals surface area contributed by atoms with Gasteiger partial charge in [0, 0.05) is 13.5 Å². The Kier molecular flexibility index (Phi) is 6.32. The lowest BCUT2D eigenvalue weighted by Gasteiger charge is -2.12. The first-order chi connectivity index (χ1) is 10.3. The van der Waals surface area contributed by atoms with Gasteiger partial charge < -0.3 is 15.4 Å². The fourth-order valence-corrected chi connectivity index (χ4v) is 2.65. The number of hydrogen-bond acceptors (Lipinski definition) is 5. The van der Waals surface area contributed by atoms with Gasteiger partial charge in [-0.2, -0.15) is 0 Å². The molecule has 0 fully saturated rings. The van der Waals surface area contributed by atoms with Crippen LogP contribution < -0.4 is 20.1 Å². The maximum atomic E-state index is 12.1. The van der Waals surface area contributed by atoms with Crippen LogP contribution in [0.5, 0.6) is 5.75 Å². The first kappa shape index (κ1) is 17.9. The molecule has 1 aromatic rings. The van der Waals surface area contributed by atoms with Crippen molar-refractivity contribution in [3.8, 4) is 5.75 Å². The molecule has 0 spiro atoms. The average molecular weight is 329 g/mol. The van der Waals surface area contributed by atoms with E-state index in [-0.39, 0.29) is 23.0 Å². The van der Waals surface area contributed by atoms with Crippen molar-refractivity contribution in [1.82, 2.24) is 10.0 Å². The molecule has 122 valence electrons. The predicted octanol–water partition coefficient (Wildman–Crippen LogP) is 0.0680. The molecule has 1 aromatic carbocycles. The van der Waals surface area contributed by atoms with E-state index in [1.54, 1.807) is 6.92 Å². The van der Waals surface area contributed by atoms with Gasteiger partial charge in [-0.05, 0) is 25.1 Å². The van der Waals surface area contributed by atoms with Crippen LogP contribution in [0.1, 0.15) is 13.8 Å². The lowest BCUT2D eigenvalue weighted by atomic mass is 10.3. The molecule has 22 heavy (non-hydrogen) atoms. The van der Waals surface area contributed by atoms with E-state index in [2.05, 4.69) is 15.4 Å². The first-order valence-corrected chi connectivity index (χ1v) is 8.00. The van der Waals surface area contributed by atoms with E-state index in [1.807, 2.05) is 0 Å². The second-order valence-electron chi connectivity index (χ2n) is 4.32. The zero-order valence-electron chi connectivity index (χ0n) is 12.6. The summed E-state index contributed by atoms with van der Waals surface area (Å²) < 4.78 is 31.5. The molecule has 3 N–H and O–H groups in total. The smallest absolute Gasteiger partial charge is 0.241 e. The van der Waals surface area contributed by atoms with Gasteiger partial charge in [0.25, 0.3) is 0 Å². The second-order valence-corrected chi connectivity index (χ2v) is 6.09. The van der Waals surface area contributed by atoms with Gasteiger partial charge in [-0.3, -0.25) is 9.59 Å². The molecule has 0 saturated heterocycles. The Hall–Kier alpha value is -2.13. The first-order valence-electron chi connectivity index (χ1n) is 6.52. The molecule has 9 heteroatoms. The van der Waals surface area contributed by atoms with Crippen molar-refractivity contribution in [1.29, 1.82) is 0 Å². The minimum absolute atomic E-state index is 0.0821. The number of methoxy groups -OCH3 is 1. The molecule has 0 aliphatic heterocycles. The lowest BCUT2D eigenvalue weighted by molar-refractivity contribution is -0.119. The molecule has 8 nitrogen and oxygen atoms in total. The van der Waals surface area contributed by atoms with Gasteiger partial charge in [-0.1, -0.05) is 0 Å². The van der Waals surface area contributed by atoms with Gasteiger partial charge in [0.1, 0.15) is 5.75 Å². The van der Waals surface area contributed by atoms with Crippen LogP contribution in [-0.4, -0.2) is 40.4 Å². The average Bonchev–Trinajstić information content (AvgIpc) is 2.45. The molecular formula is C13H19N3O5S. The molecule has 0 bridgehead atoms. The summed E-state index contributed by atoms with van der Waals surface area (Å²) in [6, 6.07) is 4.01. The van der Waals surface area contributed by atoms with Crippen LogP contribution in [0.3, 0.4) is 0 Å². The van der Waals surface area contributed by atoms with Gasteiger partial charge in [-0.25, -0.2) is 13.1 Å². The zero-order valence-corrected chi connectivity index (χ0v) is 13.4. The van der Waals surface area contributed by atoms with Gasteiger partial charge in [0.15, 0.2) is 0 Å². The number of carbonyl (C=O) groups is 2. The zero-order chi connectivity index (χ0) is 16.8. The van der Waals surface area contributed by atoms with Crippen LogP contribution in [-0.2, 0) is 19.6 Å². The van der Waals surface area contributed by atoms with Crippen LogP contribution in [0, 0.1) is 0 Å². The maximum absolute atomic E-state index is 12.1. The third-order valence-electron chi connectivity index (χ3n) is 2.59. The summed E-state index contributed by atoms with van der Waals surface area (Å²) in [7, 11) is -2.47. The fourth-order valence-electron chi connectivity index (χ4n) is 1.65. The van der Waals surface area contributed by atoms with E-state index in [4.69, 9.17) is 4.74 Å². The van der Waals surface area contributed by atoms with E-state index < -0.39 is 15.9 Å². The van der Waals surface area contributed by atoms with Crippen molar-refractivity contribution in [2.75, 3.05) is 25.5 Å². The number of ether oxygens (including phenoxy) is 1. The SMILES string of the molecule is CCNC(=O)CNS(=O)(=O)c1ccc(OC)c(NC(C)=O)c1. The van der Waals surface area contributed by atoms with Gasteiger partial charge in [0.2, 0.25) is 21.8 Å². The molecule has 0 heterocycles. The van der Waals surface area contributed by atoms with Crippen molar-refractivity contribution in [3.63, 3.8) is 0 Å². The molecular weight excluding hydrogens is 310 g/mol. The molecule has 0 atom stereocenters. The Morgan fingerprint density at radius 2 is 1.95 bits per heavy atom. The Morgan fingerprint density at radius 1 is 1.27 bits per heavy atom. The number of hydrogen-bond donors (Lipinski definition) is 3. The number of benzene rings is 1. The van der Waals surface area contributed by atoms with Gasteiger partial charge in [0.05, 0.1) is 24.2 Å². The summed E-state index contributed by atoms with van der Waals surface area (Å²) in [6.45, 7) is 3.08. The molecule has 0 aliphatic carbocycles. The van der Waals surface area contributed by atoms with E-state index >= 15 is 0 Å². The Balaban J connectivity index is 2.99. The van der Waals surface area contributed by atoms with Crippen molar-refractivity contribution in [2.24, 2.45) is 0 Å². The maximum Gasteiger partial charge on any atom is 0.241 e. The molecule has 1 rings (SSSR count). The van der Waals surface area contributed by atoms with Crippen LogP contribution in [0.15, 0.2) is 23.1 Å². The molecule has 0 unspecified atom stereocenters. The topological polar surface area (TPSA) is 114 Å². The summed E-state index contributed by atoms with van der Waals surface area (Å²) in [4.78, 5) is 22.4. The van der Waals surface area contributed by atoms with E-state index in [0.717, 1.165) is 0 Å². The number of nitrogens with one attached hydrogen (secondary N) is 3. The largest absolute Gasteiger partial charge is 0.495 e. The minimum atomic E-state index is -3.87. The van der Waals surface area contributed by atoms with E-state index in [1.165, 1.54) is 32.2 Å². The Bertz CT molecular complexity index is 658. The number of carbonyl (C=O) groups excluding carboxylic acids is 2. The summed E-state index contributed by atoms with van der Waals surface area (Å²) in [6.07, 6.45) is 0. The van der Waals surface area contributed by atoms with Crippen molar-refractivity contribution in [2.45, 2.75) is 18.7 Å². The Labute approximate surface area is 129 Å². The van der Waals surface area contributed by atoms with Crippen LogP contribution in [0.2, 0.25) is 0 Å².